The lowest BCUT2D eigenvalue weighted by Gasteiger charge is -2.10. The zero-order valence-corrected chi connectivity index (χ0v) is 13.8. The van der Waals surface area contributed by atoms with E-state index in [0.717, 1.165) is 5.56 Å². The van der Waals surface area contributed by atoms with Crippen LogP contribution in [0.1, 0.15) is 15.9 Å². The lowest BCUT2D eigenvalue weighted by Crippen LogP contribution is -2.12. The van der Waals surface area contributed by atoms with E-state index in [-0.39, 0.29) is 5.91 Å². The number of hydrogen-bond acceptors (Lipinski definition) is 3. The van der Waals surface area contributed by atoms with E-state index in [1.165, 1.54) is 0 Å². The number of halogens is 1. The van der Waals surface area contributed by atoms with Crippen molar-refractivity contribution in [3.05, 3.63) is 77.3 Å². The van der Waals surface area contributed by atoms with Gasteiger partial charge in [0.05, 0.1) is 24.1 Å². The van der Waals surface area contributed by atoms with E-state index in [9.17, 15) is 4.79 Å². The summed E-state index contributed by atoms with van der Waals surface area (Å²) in [5.74, 6) is 0.407. The highest BCUT2D eigenvalue weighted by Gasteiger charge is 2.09. The molecule has 0 unspecified atom stereocenters. The summed E-state index contributed by atoms with van der Waals surface area (Å²) < 4.78 is 7.11. The number of anilines is 1. The van der Waals surface area contributed by atoms with E-state index < -0.39 is 0 Å². The summed E-state index contributed by atoms with van der Waals surface area (Å²) in [4.78, 5) is 16.4. The molecule has 0 bridgehead atoms. The average molecular weight is 342 g/mol. The molecule has 0 saturated carbocycles. The highest BCUT2D eigenvalue weighted by Crippen LogP contribution is 2.27. The fourth-order valence-corrected chi connectivity index (χ4v) is 2.44. The minimum Gasteiger partial charge on any atom is -0.497 e. The van der Waals surface area contributed by atoms with Crippen LogP contribution in [0, 0.1) is 0 Å². The highest BCUT2D eigenvalue weighted by atomic mass is 35.5. The molecular formula is C18H16ClN3O2. The van der Waals surface area contributed by atoms with Crippen LogP contribution in [0.5, 0.6) is 5.75 Å². The molecule has 122 valence electrons. The van der Waals surface area contributed by atoms with Gasteiger partial charge in [-0.15, -0.1) is 0 Å². The van der Waals surface area contributed by atoms with Gasteiger partial charge in [0.2, 0.25) is 0 Å². The van der Waals surface area contributed by atoms with Gasteiger partial charge in [0.1, 0.15) is 5.75 Å². The molecule has 24 heavy (non-hydrogen) atoms. The van der Waals surface area contributed by atoms with Crippen LogP contribution in [0.25, 0.3) is 0 Å². The van der Waals surface area contributed by atoms with Gasteiger partial charge >= 0.3 is 0 Å². The Balaban J connectivity index is 1.71. The Morgan fingerprint density at radius 3 is 2.71 bits per heavy atom. The second-order valence-electron chi connectivity index (χ2n) is 5.23. The number of aromatic nitrogens is 2. The van der Waals surface area contributed by atoms with E-state index in [1.54, 1.807) is 50.0 Å². The monoisotopic (exact) mass is 341 g/mol. The van der Waals surface area contributed by atoms with Gasteiger partial charge in [-0.25, -0.2) is 4.98 Å². The van der Waals surface area contributed by atoms with E-state index in [4.69, 9.17) is 16.3 Å². The maximum Gasteiger partial charge on any atom is 0.255 e. The number of amides is 1. The standard InChI is InChI=1S/C18H16ClN3O2/c1-24-15-6-7-16(19)17(10-15)21-18(23)14-4-2-13(3-5-14)11-22-9-8-20-12-22/h2-10,12H,11H2,1H3,(H,21,23). The molecule has 1 N–H and O–H groups in total. The Hall–Kier alpha value is -2.79. The van der Waals surface area contributed by atoms with Gasteiger partial charge in [0.15, 0.2) is 0 Å². The molecule has 3 aromatic rings. The minimum absolute atomic E-state index is 0.223. The number of ether oxygens (including phenoxy) is 1. The third-order valence-corrected chi connectivity index (χ3v) is 3.89. The molecule has 0 atom stereocenters. The van der Waals surface area contributed by atoms with Gasteiger partial charge in [-0.05, 0) is 29.8 Å². The molecule has 0 radical (unpaired) electrons. The lowest BCUT2D eigenvalue weighted by atomic mass is 10.1. The first kappa shape index (κ1) is 16.1. The van der Waals surface area contributed by atoms with Crippen molar-refractivity contribution in [3.8, 4) is 5.75 Å². The number of nitrogens with one attached hydrogen (secondary N) is 1. The van der Waals surface area contributed by atoms with Crippen LogP contribution in [0.3, 0.4) is 0 Å². The van der Waals surface area contributed by atoms with Gasteiger partial charge in [-0.3, -0.25) is 4.79 Å². The van der Waals surface area contributed by atoms with Crippen molar-refractivity contribution in [2.75, 3.05) is 12.4 Å². The predicted octanol–water partition coefficient (Wildman–Crippen LogP) is 3.85. The molecule has 0 fully saturated rings. The zero-order valence-electron chi connectivity index (χ0n) is 13.1. The average Bonchev–Trinajstić information content (AvgIpc) is 3.10. The van der Waals surface area contributed by atoms with Crippen molar-refractivity contribution in [1.29, 1.82) is 0 Å². The maximum atomic E-state index is 12.4. The number of carbonyl (C=O) groups excluding carboxylic acids is 1. The molecule has 5 nitrogen and oxygen atoms in total. The molecule has 6 heteroatoms. The van der Waals surface area contributed by atoms with Crippen molar-refractivity contribution in [3.63, 3.8) is 0 Å². The molecule has 2 aromatic carbocycles. The molecule has 1 amide bonds. The Kier molecular flexibility index (Phi) is 4.82. The van der Waals surface area contributed by atoms with Crippen molar-refractivity contribution in [1.82, 2.24) is 9.55 Å². The fraction of sp³-hybridized carbons (Fsp3) is 0.111. The topological polar surface area (TPSA) is 56.1 Å². The van der Waals surface area contributed by atoms with Crippen molar-refractivity contribution in [2.24, 2.45) is 0 Å². The predicted molar refractivity (Wildman–Crippen MR) is 93.7 cm³/mol. The number of carbonyl (C=O) groups is 1. The van der Waals surface area contributed by atoms with E-state index >= 15 is 0 Å². The smallest absolute Gasteiger partial charge is 0.255 e. The summed E-state index contributed by atoms with van der Waals surface area (Å²) in [6, 6.07) is 12.5. The molecule has 0 aliphatic rings. The first-order valence-corrected chi connectivity index (χ1v) is 7.73. The Labute approximate surface area is 144 Å². The molecule has 1 aromatic heterocycles. The van der Waals surface area contributed by atoms with Gasteiger partial charge in [-0.2, -0.15) is 0 Å². The molecule has 0 saturated heterocycles. The number of rotatable bonds is 5. The van der Waals surface area contributed by atoms with E-state index in [2.05, 4.69) is 10.3 Å². The maximum absolute atomic E-state index is 12.4. The second-order valence-corrected chi connectivity index (χ2v) is 5.64. The third kappa shape index (κ3) is 3.75. The van der Waals surface area contributed by atoms with Crippen LogP contribution >= 0.6 is 11.6 Å². The van der Waals surface area contributed by atoms with Gasteiger partial charge in [-0.1, -0.05) is 23.7 Å². The molecular weight excluding hydrogens is 326 g/mol. The molecule has 0 spiro atoms. The Morgan fingerprint density at radius 2 is 2.04 bits per heavy atom. The van der Waals surface area contributed by atoms with Crippen LogP contribution in [0.2, 0.25) is 5.02 Å². The highest BCUT2D eigenvalue weighted by molar-refractivity contribution is 6.34. The summed E-state index contributed by atoms with van der Waals surface area (Å²) >= 11 is 6.11. The zero-order chi connectivity index (χ0) is 16.9. The van der Waals surface area contributed by atoms with Crippen LogP contribution in [-0.4, -0.2) is 22.6 Å². The quantitative estimate of drug-likeness (QED) is 0.767. The van der Waals surface area contributed by atoms with Crippen molar-refractivity contribution < 1.29 is 9.53 Å². The van der Waals surface area contributed by atoms with Crippen LogP contribution < -0.4 is 10.1 Å². The van der Waals surface area contributed by atoms with Gasteiger partial charge in [0.25, 0.3) is 5.91 Å². The number of imidazole rings is 1. The molecule has 1 heterocycles. The van der Waals surface area contributed by atoms with Crippen LogP contribution in [0.4, 0.5) is 5.69 Å². The van der Waals surface area contributed by atoms with Crippen molar-refractivity contribution >= 4 is 23.2 Å². The second kappa shape index (κ2) is 7.19. The molecule has 0 aliphatic carbocycles. The lowest BCUT2D eigenvalue weighted by molar-refractivity contribution is 0.102. The summed E-state index contributed by atoms with van der Waals surface area (Å²) in [5.41, 5.74) is 2.16. The molecule has 3 rings (SSSR count). The van der Waals surface area contributed by atoms with E-state index in [1.807, 2.05) is 22.9 Å². The number of hydrogen-bond donors (Lipinski definition) is 1. The fourth-order valence-electron chi connectivity index (χ4n) is 2.27. The first-order chi connectivity index (χ1) is 11.7. The first-order valence-electron chi connectivity index (χ1n) is 7.35. The van der Waals surface area contributed by atoms with Crippen molar-refractivity contribution in [2.45, 2.75) is 6.54 Å². The summed E-state index contributed by atoms with van der Waals surface area (Å²) in [6.07, 6.45) is 5.39. The normalized spacial score (nSPS) is 10.4. The Morgan fingerprint density at radius 1 is 1.25 bits per heavy atom. The SMILES string of the molecule is COc1ccc(Cl)c(NC(=O)c2ccc(Cn3ccnc3)cc2)c1. The largest absolute Gasteiger partial charge is 0.497 e. The minimum atomic E-state index is -0.223. The van der Waals surface area contributed by atoms with Gasteiger partial charge in [0, 0.05) is 30.6 Å². The number of methoxy groups -OCH3 is 1. The van der Waals surface area contributed by atoms with Crippen LogP contribution in [-0.2, 0) is 6.54 Å². The number of benzene rings is 2. The summed E-state index contributed by atoms with van der Waals surface area (Å²) in [6.45, 7) is 0.712. The molecule has 0 aliphatic heterocycles. The number of nitrogens with zero attached hydrogens (tertiary/aromatic N) is 2. The third-order valence-electron chi connectivity index (χ3n) is 3.56. The summed E-state index contributed by atoms with van der Waals surface area (Å²) in [5, 5.41) is 3.26. The van der Waals surface area contributed by atoms with E-state index in [0.29, 0.717) is 28.6 Å². The summed E-state index contributed by atoms with van der Waals surface area (Å²) in [7, 11) is 1.56. The Bertz CT molecular complexity index is 830. The van der Waals surface area contributed by atoms with Crippen LogP contribution in [0.15, 0.2) is 61.2 Å². The van der Waals surface area contributed by atoms with Gasteiger partial charge < -0.3 is 14.6 Å².